The Hall–Kier alpha value is -1.20. The van der Waals surface area contributed by atoms with Crippen LogP contribution >= 0.6 is 31.9 Å². The van der Waals surface area contributed by atoms with Gasteiger partial charge in [0.2, 0.25) is 0 Å². The van der Waals surface area contributed by atoms with Crippen molar-refractivity contribution in [1.29, 1.82) is 0 Å². The Morgan fingerprint density at radius 1 is 1.05 bits per heavy atom. The Morgan fingerprint density at radius 2 is 1.74 bits per heavy atom. The van der Waals surface area contributed by atoms with Gasteiger partial charge in [-0.2, -0.15) is 0 Å². The quantitative estimate of drug-likeness (QED) is 0.793. The van der Waals surface area contributed by atoms with Crippen molar-refractivity contribution in [2.24, 2.45) is 0 Å². The summed E-state index contributed by atoms with van der Waals surface area (Å²) < 4.78 is 12.7. The molecule has 0 heterocycles. The fourth-order valence-corrected chi connectivity index (χ4v) is 2.54. The van der Waals surface area contributed by atoms with Crippen LogP contribution in [0.1, 0.15) is 5.56 Å². The summed E-state index contributed by atoms with van der Waals surface area (Å²) in [4.78, 5) is 0. The van der Waals surface area contributed by atoms with Crippen molar-refractivity contribution in [3.63, 3.8) is 0 Å². The molecule has 0 saturated carbocycles. The number of anilines is 1. The molecule has 19 heavy (non-hydrogen) atoms. The lowest BCUT2D eigenvalue weighted by Gasteiger charge is -2.11. The first-order valence-electron chi connectivity index (χ1n) is 5.60. The molecule has 100 valence electrons. The lowest BCUT2D eigenvalue weighted by atomic mass is 10.2. The van der Waals surface area contributed by atoms with Crippen molar-refractivity contribution >= 4 is 37.5 Å². The average molecular weight is 387 g/mol. The maximum Gasteiger partial charge on any atom is 0.135 e. The minimum absolute atomic E-state index is 0.461. The van der Waals surface area contributed by atoms with Gasteiger partial charge in [0.05, 0.1) is 16.1 Å². The summed E-state index contributed by atoms with van der Waals surface area (Å²) in [7, 11) is 1.62. The molecule has 0 radical (unpaired) electrons. The van der Waals surface area contributed by atoms with Crippen LogP contribution in [0.15, 0.2) is 45.3 Å². The van der Waals surface area contributed by atoms with Crippen LogP contribution in [0.5, 0.6) is 11.5 Å². The van der Waals surface area contributed by atoms with E-state index in [9.17, 15) is 0 Å². The maximum atomic E-state index is 5.77. The van der Waals surface area contributed by atoms with Crippen LogP contribution in [0.25, 0.3) is 0 Å². The van der Waals surface area contributed by atoms with E-state index in [0.29, 0.717) is 6.61 Å². The standard InChI is InChI=1S/C14H13Br2NO2/c1-18-13-6-12(16)14(7-11(13)15)19-8-9-3-2-4-10(17)5-9/h2-7H,8,17H2,1H3. The largest absolute Gasteiger partial charge is 0.496 e. The molecule has 0 bridgehead atoms. The zero-order valence-electron chi connectivity index (χ0n) is 10.3. The van der Waals surface area contributed by atoms with Gasteiger partial charge in [-0.1, -0.05) is 12.1 Å². The second-order valence-corrected chi connectivity index (χ2v) is 5.66. The molecule has 0 amide bonds. The number of methoxy groups -OCH3 is 1. The number of ether oxygens (including phenoxy) is 2. The average Bonchev–Trinajstić information content (AvgIpc) is 2.39. The Kier molecular flexibility index (Phi) is 4.71. The molecule has 2 N–H and O–H groups in total. The molecule has 0 fully saturated rings. The van der Waals surface area contributed by atoms with Gasteiger partial charge in [0.15, 0.2) is 0 Å². The predicted molar refractivity (Wildman–Crippen MR) is 83.6 cm³/mol. The number of halogens is 2. The summed E-state index contributed by atoms with van der Waals surface area (Å²) in [6, 6.07) is 11.4. The van der Waals surface area contributed by atoms with Gasteiger partial charge in [0, 0.05) is 5.69 Å². The highest BCUT2D eigenvalue weighted by molar-refractivity contribution is 9.11. The van der Waals surface area contributed by atoms with E-state index in [-0.39, 0.29) is 0 Å². The summed E-state index contributed by atoms with van der Waals surface area (Å²) in [5.41, 5.74) is 7.49. The molecule has 0 atom stereocenters. The van der Waals surface area contributed by atoms with Crippen molar-refractivity contribution in [2.45, 2.75) is 6.61 Å². The smallest absolute Gasteiger partial charge is 0.135 e. The molecule has 2 aromatic carbocycles. The highest BCUT2D eigenvalue weighted by atomic mass is 79.9. The summed E-state index contributed by atoms with van der Waals surface area (Å²) in [6.45, 7) is 0.461. The molecule has 0 aliphatic heterocycles. The maximum absolute atomic E-state index is 5.77. The van der Waals surface area contributed by atoms with Gasteiger partial charge in [-0.3, -0.25) is 0 Å². The molecule has 3 nitrogen and oxygen atoms in total. The van der Waals surface area contributed by atoms with Gasteiger partial charge in [-0.05, 0) is 61.7 Å². The van der Waals surface area contributed by atoms with Crippen molar-refractivity contribution < 1.29 is 9.47 Å². The third-order valence-electron chi connectivity index (χ3n) is 2.55. The van der Waals surface area contributed by atoms with Crippen LogP contribution in [0.2, 0.25) is 0 Å². The molecule has 0 spiro atoms. The van der Waals surface area contributed by atoms with Crippen LogP contribution in [-0.2, 0) is 6.61 Å². The lowest BCUT2D eigenvalue weighted by Crippen LogP contribution is -1.98. The minimum atomic E-state index is 0.461. The summed E-state index contributed by atoms with van der Waals surface area (Å²) in [6.07, 6.45) is 0. The van der Waals surface area contributed by atoms with Gasteiger partial charge in [-0.25, -0.2) is 0 Å². The van der Waals surface area contributed by atoms with Gasteiger partial charge in [0.1, 0.15) is 18.1 Å². The normalized spacial score (nSPS) is 10.3. The summed E-state index contributed by atoms with van der Waals surface area (Å²) in [5.74, 6) is 1.50. The van der Waals surface area contributed by atoms with E-state index >= 15 is 0 Å². The molecule has 0 aromatic heterocycles. The van der Waals surface area contributed by atoms with E-state index in [0.717, 1.165) is 31.7 Å². The highest BCUT2D eigenvalue weighted by Gasteiger charge is 2.08. The number of nitrogens with two attached hydrogens (primary N) is 1. The molecule has 5 heteroatoms. The van der Waals surface area contributed by atoms with Gasteiger partial charge < -0.3 is 15.2 Å². The first-order chi connectivity index (χ1) is 9.10. The molecular weight excluding hydrogens is 374 g/mol. The molecule has 0 saturated heterocycles. The number of hydrogen-bond acceptors (Lipinski definition) is 3. The van der Waals surface area contributed by atoms with Crippen molar-refractivity contribution in [3.8, 4) is 11.5 Å². The molecule has 2 aromatic rings. The first-order valence-corrected chi connectivity index (χ1v) is 7.19. The first kappa shape index (κ1) is 14.2. The summed E-state index contributed by atoms with van der Waals surface area (Å²) >= 11 is 6.89. The van der Waals surface area contributed by atoms with E-state index in [4.69, 9.17) is 15.2 Å². The number of rotatable bonds is 4. The second-order valence-electron chi connectivity index (χ2n) is 3.95. The van der Waals surface area contributed by atoms with Crippen LogP contribution < -0.4 is 15.2 Å². The third kappa shape index (κ3) is 3.64. The predicted octanol–water partition coefficient (Wildman–Crippen LogP) is 4.38. The third-order valence-corrected chi connectivity index (χ3v) is 3.79. The molecule has 0 aliphatic carbocycles. The van der Waals surface area contributed by atoms with E-state index in [1.807, 2.05) is 36.4 Å². The molecule has 2 rings (SSSR count). The van der Waals surface area contributed by atoms with Crippen LogP contribution in [0.4, 0.5) is 5.69 Å². The van der Waals surface area contributed by atoms with Crippen molar-refractivity contribution in [2.75, 3.05) is 12.8 Å². The van der Waals surface area contributed by atoms with E-state index in [2.05, 4.69) is 31.9 Å². The monoisotopic (exact) mass is 385 g/mol. The van der Waals surface area contributed by atoms with Crippen LogP contribution in [-0.4, -0.2) is 7.11 Å². The Bertz CT molecular complexity index is 588. The second kappa shape index (κ2) is 6.30. The van der Waals surface area contributed by atoms with Crippen LogP contribution in [0.3, 0.4) is 0 Å². The fourth-order valence-electron chi connectivity index (χ4n) is 1.62. The van der Waals surface area contributed by atoms with Gasteiger partial charge in [0.25, 0.3) is 0 Å². The number of benzene rings is 2. The van der Waals surface area contributed by atoms with E-state index < -0.39 is 0 Å². The van der Waals surface area contributed by atoms with Crippen LogP contribution in [0, 0.1) is 0 Å². The van der Waals surface area contributed by atoms with Gasteiger partial charge in [-0.15, -0.1) is 0 Å². The zero-order chi connectivity index (χ0) is 13.8. The van der Waals surface area contributed by atoms with E-state index in [1.54, 1.807) is 7.11 Å². The van der Waals surface area contributed by atoms with Crippen molar-refractivity contribution in [3.05, 3.63) is 50.9 Å². The Balaban J connectivity index is 2.13. The number of hydrogen-bond donors (Lipinski definition) is 1. The minimum Gasteiger partial charge on any atom is -0.496 e. The molecule has 0 aliphatic rings. The Morgan fingerprint density at radius 3 is 2.42 bits per heavy atom. The Labute approximate surface area is 129 Å². The molecular formula is C14H13Br2NO2. The topological polar surface area (TPSA) is 44.5 Å². The number of nitrogen functional groups attached to an aromatic ring is 1. The zero-order valence-corrected chi connectivity index (χ0v) is 13.5. The SMILES string of the molecule is COc1cc(Br)c(OCc2cccc(N)c2)cc1Br. The van der Waals surface area contributed by atoms with Gasteiger partial charge >= 0.3 is 0 Å². The fraction of sp³-hybridized carbons (Fsp3) is 0.143. The summed E-state index contributed by atoms with van der Waals surface area (Å²) in [5, 5.41) is 0. The lowest BCUT2D eigenvalue weighted by molar-refractivity contribution is 0.303. The highest BCUT2D eigenvalue weighted by Crippen LogP contribution is 2.36. The van der Waals surface area contributed by atoms with E-state index in [1.165, 1.54) is 0 Å². The van der Waals surface area contributed by atoms with Crippen molar-refractivity contribution in [1.82, 2.24) is 0 Å². The molecule has 0 unspecified atom stereocenters.